The number of urea groups is 1. The SMILES string of the molecule is O=C(NCc1ccc(C(=O)c2ccccc2)s1)Nc1c(F)cccc1F. The Hall–Kier alpha value is -3.06. The molecule has 0 radical (unpaired) electrons. The molecule has 2 aromatic carbocycles. The summed E-state index contributed by atoms with van der Waals surface area (Å²) < 4.78 is 27.0. The second-order valence-corrected chi connectivity index (χ2v) is 6.53. The van der Waals surface area contributed by atoms with E-state index >= 15 is 0 Å². The van der Waals surface area contributed by atoms with Crippen LogP contribution in [0.1, 0.15) is 20.1 Å². The minimum atomic E-state index is -0.855. The van der Waals surface area contributed by atoms with Gasteiger partial charge >= 0.3 is 6.03 Å². The largest absolute Gasteiger partial charge is 0.333 e. The zero-order valence-corrected chi connectivity index (χ0v) is 14.3. The fraction of sp³-hybridized carbons (Fsp3) is 0.0526. The van der Waals surface area contributed by atoms with Crippen molar-refractivity contribution in [3.05, 3.63) is 87.6 Å². The molecule has 26 heavy (non-hydrogen) atoms. The number of ketones is 1. The van der Waals surface area contributed by atoms with Crippen molar-refractivity contribution in [1.29, 1.82) is 0 Å². The summed E-state index contributed by atoms with van der Waals surface area (Å²) in [4.78, 5) is 25.5. The number of carbonyl (C=O) groups is 2. The highest BCUT2D eigenvalue weighted by molar-refractivity contribution is 7.14. The van der Waals surface area contributed by atoms with E-state index in [9.17, 15) is 18.4 Å². The molecule has 0 aliphatic carbocycles. The predicted molar refractivity (Wildman–Crippen MR) is 96.4 cm³/mol. The Morgan fingerprint density at radius 1 is 0.885 bits per heavy atom. The molecular formula is C19H14F2N2O2S. The van der Waals surface area contributed by atoms with Crippen molar-refractivity contribution in [3.8, 4) is 0 Å². The lowest BCUT2D eigenvalue weighted by Crippen LogP contribution is -2.28. The first-order chi connectivity index (χ1) is 12.5. The molecule has 1 heterocycles. The molecule has 0 fully saturated rings. The van der Waals surface area contributed by atoms with Gasteiger partial charge in [-0.2, -0.15) is 0 Å². The van der Waals surface area contributed by atoms with E-state index in [1.165, 1.54) is 17.4 Å². The number of thiophene rings is 1. The summed E-state index contributed by atoms with van der Waals surface area (Å²) in [6, 6.07) is 14.9. The average molecular weight is 372 g/mol. The molecule has 7 heteroatoms. The van der Waals surface area contributed by atoms with Gasteiger partial charge in [-0.1, -0.05) is 36.4 Å². The molecule has 0 saturated carbocycles. The third-order valence-corrected chi connectivity index (χ3v) is 4.63. The van der Waals surface area contributed by atoms with Crippen LogP contribution in [0.4, 0.5) is 19.3 Å². The van der Waals surface area contributed by atoms with Crippen LogP contribution in [-0.4, -0.2) is 11.8 Å². The van der Waals surface area contributed by atoms with E-state index in [-0.39, 0.29) is 12.3 Å². The Labute approximate surface area is 152 Å². The summed E-state index contributed by atoms with van der Waals surface area (Å²) in [5, 5.41) is 4.65. The molecule has 0 aliphatic heterocycles. The first-order valence-electron chi connectivity index (χ1n) is 7.72. The number of amides is 2. The Kier molecular flexibility index (Phi) is 5.38. The van der Waals surface area contributed by atoms with Crippen molar-refractivity contribution < 1.29 is 18.4 Å². The summed E-state index contributed by atoms with van der Waals surface area (Å²) in [5.41, 5.74) is 0.0813. The number of para-hydroxylation sites is 1. The van der Waals surface area contributed by atoms with Crippen LogP contribution in [0.5, 0.6) is 0 Å². The van der Waals surface area contributed by atoms with Crippen LogP contribution in [-0.2, 0) is 6.54 Å². The van der Waals surface area contributed by atoms with E-state index < -0.39 is 23.4 Å². The lowest BCUT2D eigenvalue weighted by Gasteiger charge is -2.08. The van der Waals surface area contributed by atoms with E-state index in [1.54, 1.807) is 36.4 Å². The van der Waals surface area contributed by atoms with Gasteiger partial charge in [-0.3, -0.25) is 4.79 Å². The number of carbonyl (C=O) groups excluding carboxylic acids is 2. The summed E-state index contributed by atoms with van der Waals surface area (Å²) in [5.74, 6) is -1.81. The Morgan fingerprint density at radius 3 is 2.27 bits per heavy atom. The van der Waals surface area contributed by atoms with Crippen molar-refractivity contribution in [2.24, 2.45) is 0 Å². The molecule has 2 amide bonds. The molecule has 3 rings (SSSR count). The van der Waals surface area contributed by atoms with Gasteiger partial charge in [0.25, 0.3) is 0 Å². The maximum Gasteiger partial charge on any atom is 0.319 e. The average Bonchev–Trinajstić information content (AvgIpc) is 3.12. The van der Waals surface area contributed by atoms with Gasteiger partial charge in [0.1, 0.15) is 17.3 Å². The van der Waals surface area contributed by atoms with E-state index in [1.807, 2.05) is 6.07 Å². The molecule has 0 saturated heterocycles. The number of benzene rings is 2. The molecule has 3 aromatic rings. The predicted octanol–water partition coefficient (Wildman–Crippen LogP) is 4.58. The Balaban J connectivity index is 1.60. The third kappa shape index (κ3) is 4.12. The second-order valence-electron chi connectivity index (χ2n) is 5.37. The molecular weight excluding hydrogens is 358 g/mol. The minimum absolute atomic E-state index is 0.0975. The van der Waals surface area contributed by atoms with E-state index in [4.69, 9.17) is 0 Å². The highest BCUT2D eigenvalue weighted by atomic mass is 32.1. The lowest BCUT2D eigenvalue weighted by atomic mass is 10.1. The third-order valence-electron chi connectivity index (χ3n) is 3.55. The van der Waals surface area contributed by atoms with Crippen LogP contribution in [0.2, 0.25) is 0 Å². The number of hydrogen-bond donors (Lipinski definition) is 2. The van der Waals surface area contributed by atoms with Crippen LogP contribution in [0.15, 0.2) is 60.7 Å². The molecule has 0 spiro atoms. The quantitative estimate of drug-likeness (QED) is 0.644. The Bertz CT molecular complexity index is 921. The highest BCUT2D eigenvalue weighted by Crippen LogP contribution is 2.21. The molecule has 0 bridgehead atoms. The number of hydrogen-bond acceptors (Lipinski definition) is 3. The first-order valence-corrected chi connectivity index (χ1v) is 8.53. The van der Waals surface area contributed by atoms with Crippen LogP contribution < -0.4 is 10.6 Å². The zero-order chi connectivity index (χ0) is 18.5. The van der Waals surface area contributed by atoms with Crippen LogP contribution >= 0.6 is 11.3 Å². The fourth-order valence-corrected chi connectivity index (χ4v) is 3.18. The summed E-state index contributed by atoms with van der Waals surface area (Å²) in [7, 11) is 0. The molecule has 0 atom stereocenters. The molecule has 0 unspecified atom stereocenters. The molecule has 1 aromatic heterocycles. The number of nitrogens with one attached hydrogen (secondary N) is 2. The fourth-order valence-electron chi connectivity index (χ4n) is 2.27. The van der Waals surface area contributed by atoms with Crippen molar-refractivity contribution in [2.75, 3.05) is 5.32 Å². The number of rotatable bonds is 5. The molecule has 0 aliphatic rings. The van der Waals surface area contributed by atoms with Gasteiger partial charge in [0.05, 0.1) is 11.4 Å². The summed E-state index contributed by atoms with van der Waals surface area (Å²) in [6.07, 6.45) is 0. The van der Waals surface area contributed by atoms with Gasteiger partial charge in [0.15, 0.2) is 0 Å². The molecule has 132 valence electrons. The number of anilines is 1. The van der Waals surface area contributed by atoms with Gasteiger partial charge in [-0.05, 0) is 24.3 Å². The number of halogens is 2. The standard InChI is InChI=1S/C19H14F2N2O2S/c20-14-7-4-8-15(21)17(14)23-19(25)22-11-13-9-10-16(26-13)18(24)12-5-2-1-3-6-12/h1-10H,11H2,(H2,22,23,25). The van der Waals surface area contributed by atoms with Crippen LogP contribution in [0.3, 0.4) is 0 Å². The van der Waals surface area contributed by atoms with Gasteiger partial charge in [-0.25, -0.2) is 13.6 Å². The maximum absolute atomic E-state index is 13.5. The van der Waals surface area contributed by atoms with Crippen LogP contribution in [0, 0.1) is 11.6 Å². The van der Waals surface area contributed by atoms with E-state index in [2.05, 4.69) is 10.6 Å². The first kappa shape index (κ1) is 17.8. The topological polar surface area (TPSA) is 58.2 Å². The van der Waals surface area contributed by atoms with Crippen LogP contribution in [0.25, 0.3) is 0 Å². The van der Waals surface area contributed by atoms with E-state index in [0.29, 0.717) is 10.4 Å². The van der Waals surface area contributed by atoms with Crippen molar-refractivity contribution in [2.45, 2.75) is 6.54 Å². The lowest BCUT2D eigenvalue weighted by molar-refractivity contribution is 0.104. The molecule has 2 N–H and O–H groups in total. The maximum atomic E-state index is 13.5. The van der Waals surface area contributed by atoms with Crippen molar-refractivity contribution >= 4 is 28.8 Å². The summed E-state index contributed by atoms with van der Waals surface area (Å²) in [6.45, 7) is 0.134. The summed E-state index contributed by atoms with van der Waals surface area (Å²) >= 11 is 1.25. The van der Waals surface area contributed by atoms with Gasteiger partial charge in [-0.15, -0.1) is 11.3 Å². The van der Waals surface area contributed by atoms with Gasteiger partial charge in [0.2, 0.25) is 5.78 Å². The zero-order valence-electron chi connectivity index (χ0n) is 13.5. The monoisotopic (exact) mass is 372 g/mol. The normalized spacial score (nSPS) is 10.4. The Morgan fingerprint density at radius 2 is 1.58 bits per heavy atom. The highest BCUT2D eigenvalue weighted by Gasteiger charge is 2.14. The second kappa shape index (κ2) is 7.88. The smallest absolute Gasteiger partial charge is 0.319 e. The van der Waals surface area contributed by atoms with Gasteiger partial charge in [0, 0.05) is 10.4 Å². The molecule has 4 nitrogen and oxygen atoms in total. The van der Waals surface area contributed by atoms with Crippen molar-refractivity contribution in [3.63, 3.8) is 0 Å². The minimum Gasteiger partial charge on any atom is -0.333 e. The van der Waals surface area contributed by atoms with Gasteiger partial charge < -0.3 is 10.6 Å². The van der Waals surface area contributed by atoms with E-state index in [0.717, 1.165) is 17.0 Å². The van der Waals surface area contributed by atoms with Crippen molar-refractivity contribution in [1.82, 2.24) is 5.32 Å².